The highest BCUT2D eigenvalue weighted by Crippen LogP contribution is 2.40. The molecule has 0 radical (unpaired) electrons. The molecule has 3 rings (SSSR count). The minimum Gasteiger partial charge on any atom is -0.393 e. The third-order valence-corrected chi connectivity index (χ3v) is 3.98. The minimum absolute atomic E-state index is 0.118. The molecule has 1 aromatic rings. The largest absolute Gasteiger partial charge is 0.393 e. The van der Waals surface area contributed by atoms with E-state index in [1.165, 1.54) is 0 Å². The maximum absolute atomic E-state index is 9.86. The molecule has 1 aliphatic heterocycles. The van der Waals surface area contributed by atoms with E-state index in [1.807, 2.05) is 12.1 Å². The molecule has 4 heteroatoms. The molecule has 2 aliphatic rings. The van der Waals surface area contributed by atoms with Gasteiger partial charge in [0.25, 0.3) is 0 Å². The first kappa shape index (κ1) is 9.90. The predicted octanol–water partition coefficient (Wildman–Crippen LogP) is 0.871. The van der Waals surface area contributed by atoms with E-state index in [0.717, 1.165) is 31.6 Å². The number of nitrogens with zero attached hydrogens (tertiary/aromatic N) is 2. The van der Waals surface area contributed by atoms with Crippen LogP contribution in [0.3, 0.4) is 0 Å². The summed E-state index contributed by atoms with van der Waals surface area (Å²) in [7, 11) is 0. The minimum atomic E-state index is -0.118. The summed E-state index contributed by atoms with van der Waals surface area (Å²) < 4.78 is 0. The summed E-state index contributed by atoms with van der Waals surface area (Å²) in [5.41, 5.74) is 6.89. The molecule has 1 aromatic heterocycles. The molecular weight excluding hydrogens is 202 g/mol. The number of fused-ring (bicyclic) bond motifs is 1. The van der Waals surface area contributed by atoms with Crippen LogP contribution >= 0.6 is 0 Å². The van der Waals surface area contributed by atoms with Crippen LogP contribution in [-0.4, -0.2) is 29.3 Å². The second-order valence-corrected chi connectivity index (χ2v) is 4.88. The van der Waals surface area contributed by atoms with Crippen molar-refractivity contribution in [3.05, 3.63) is 18.3 Å². The number of nitrogens with two attached hydrogens (primary N) is 1. The molecule has 86 valence electrons. The SMILES string of the molecule is Nc1ncccc1N1CC2CCC(O)C2C1. The Hall–Kier alpha value is -1.29. The van der Waals surface area contributed by atoms with Gasteiger partial charge < -0.3 is 15.7 Å². The topological polar surface area (TPSA) is 62.4 Å². The van der Waals surface area contributed by atoms with Gasteiger partial charge >= 0.3 is 0 Å². The Morgan fingerprint density at radius 2 is 2.25 bits per heavy atom. The van der Waals surface area contributed by atoms with E-state index in [-0.39, 0.29) is 6.10 Å². The average molecular weight is 219 g/mol. The number of aromatic nitrogens is 1. The second kappa shape index (κ2) is 3.63. The summed E-state index contributed by atoms with van der Waals surface area (Å²) in [6.45, 7) is 1.93. The Morgan fingerprint density at radius 1 is 1.38 bits per heavy atom. The van der Waals surface area contributed by atoms with Gasteiger partial charge in [-0.05, 0) is 30.9 Å². The number of hydrogen-bond acceptors (Lipinski definition) is 4. The van der Waals surface area contributed by atoms with Gasteiger partial charge in [-0.3, -0.25) is 0 Å². The van der Waals surface area contributed by atoms with Crippen LogP contribution in [0.25, 0.3) is 0 Å². The fourth-order valence-corrected chi connectivity index (χ4v) is 3.11. The number of anilines is 2. The number of pyridine rings is 1. The van der Waals surface area contributed by atoms with E-state index >= 15 is 0 Å². The van der Waals surface area contributed by atoms with Crippen molar-refractivity contribution in [1.29, 1.82) is 0 Å². The highest BCUT2D eigenvalue weighted by Gasteiger charge is 2.42. The fourth-order valence-electron chi connectivity index (χ4n) is 3.11. The first-order valence-electron chi connectivity index (χ1n) is 5.89. The van der Waals surface area contributed by atoms with Crippen molar-refractivity contribution in [2.45, 2.75) is 18.9 Å². The number of aliphatic hydroxyl groups excluding tert-OH is 1. The lowest BCUT2D eigenvalue weighted by molar-refractivity contribution is 0.133. The standard InChI is InChI=1S/C12H17N3O/c13-12-10(2-1-5-14-12)15-6-8-3-4-11(16)9(8)7-15/h1-2,5,8-9,11,16H,3-4,6-7H2,(H2,13,14). The lowest BCUT2D eigenvalue weighted by Gasteiger charge is -2.21. The molecule has 2 fully saturated rings. The summed E-state index contributed by atoms with van der Waals surface area (Å²) in [4.78, 5) is 6.37. The monoisotopic (exact) mass is 219 g/mol. The molecule has 1 saturated carbocycles. The van der Waals surface area contributed by atoms with E-state index in [1.54, 1.807) is 6.20 Å². The highest BCUT2D eigenvalue weighted by atomic mass is 16.3. The summed E-state index contributed by atoms with van der Waals surface area (Å²) in [6, 6.07) is 3.92. The first-order valence-corrected chi connectivity index (χ1v) is 5.89. The van der Waals surface area contributed by atoms with E-state index in [2.05, 4.69) is 9.88 Å². The molecule has 1 saturated heterocycles. The van der Waals surface area contributed by atoms with Gasteiger partial charge in [-0.15, -0.1) is 0 Å². The van der Waals surface area contributed by atoms with Crippen LogP contribution in [0, 0.1) is 11.8 Å². The molecule has 4 nitrogen and oxygen atoms in total. The Bertz CT molecular complexity index is 396. The van der Waals surface area contributed by atoms with Crippen molar-refractivity contribution in [1.82, 2.24) is 4.98 Å². The van der Waals surface area contributed by atoms with Crippen molar-refractivity contribution in [3.63, 3.8) is 0 Å². The Kier molecular flexibility index (Phi) is 2.24. The van der Waals surface area contributed by atoms with Gasteiger partial charge in [0.1, 0.15) is 5.82 Å². The molecule has 3 N–H and O–H groups in total. The zero-order valence-corrected chi connectivity index (χ0v) is 9.21. The predicted molar refractivity (Wildman–Crippen MR) is 63.1 cm³/mol. The van der Waals surface area contributed by atoms with Gasteiger partial charge in [0, 0.05) is 25.2 Å². The molecule has 1 aliphatic carbocycles. The molecular formula is C12H17N3O. The summed E-state index contributed by atoms with van der Waals surface area (Å²) in [5, 5.41) is 9.86. The quantitative estimate of drug-likeness (QED) is 0.735. The van der Waals surface area contributed by atoms with E-state index in [4.69, 9.17) is 5.73 Å². The lowest BCUT2D eigenvalue weighted by Crippen LogP contribution is -2.25. The zero-order chi connectivity index (χ0) is 11.1. The van der Waals surface area contributed by atoms with Crippen molar-refractivity contribution in [3.8, 4) is 0 Å². The van der Waals surface area contributed by atoms with Crippen LogP contribution in [0.1, 0.15) is 12.8 Å². The first-order chi connectivity index (χ1) is 7.75. The van der Waals surface area contributed by atoms with Gasteiger partial charge in [0.2, 0.25) is 0 Å². The Labute approximate surface area is 95.1 Å². The molecule has 16 heavy (non-hydrogen) atoms. The number of rotatable bonds is 1. The van der Waals surface area contributed by atoms with E-state index < -0.39 is 0 Å². The number of hydrogen-bond donors (Lipinski definition) is 2. The molecule has 0 aromatic carbocycles. The van der Waals surface area contributed by atoms with E-state index in [9.17, 15) is 5.11 Å². The average Bonchev–Trinajstić information content (AvgIpc) is 2.82. The maximum Gasteiger partial charge on any atom is 0.146 e. The smallest absolute Gasteiger partial charge is 0.146 e. The van der Waals surface area contributed by atoms with Crippen molar-refractivity contribution >= 4 is 11.5 Å². The van der Waals surface area contributed by atoms with Crippen LogP contribution in [0.15, 0.2) is 18.3 Å². The van der Waals surface area contributed by atoms with Crippen LogP contribution < -0.4 is 10.6 Å². The number of aliphatic hydroxyl groups is 1. The van der Waals surface area contributed by atoms with Gasteiger partial charge in [-0.25, -0.2) is 4.98 Å². The van der Waals surface area contributed by atoms with Gasteiger partial charge in [0.15, 0.2) is 0 Å². The molecule has 3 unspecified atom stereocenters. The van der Waals surface area contributed by atoms with E-state index in [0.29, 0.717) is 17.7 Å². The molecule has 0 spiro atoms. The lowest BCUT2D eigenvalue weighted by atomic mass is 10.00. The van der Waals surface area contributed by atoms with Crippen LogP contribution in [0.2, 0.25) is 0 Å². The third kappa shape index (κ3) is 1.45. The highest BCUT2D eigenvalue weighted by molar-refractivity contribution is 5.63. The zero-order valence-electron chi connectivity index (χ0n) is 9.21. The van der Waals surface area contributed by atoms with Crippen LogP contribution in [-0.2, 0) is 0 Å². The third-order valence-electron chi connectivity index (χ3n) is 3.98. The van der Waals surface area contributed by atoms with Crippen LogP contribution in [0.5, 0.6) is 0 Å². The summed E-state index contributed by atoms with van der Waals surface area (Å²) in [6.07, 6.45) is 3.70. The molecule has 3 atom stereocenters. The maximum atomic E-state index is 9.86. The number of nitrogen functional groups attached to an aromatic ring is 1. The summed E-state index contributed by atoms with van der Waals surface area (Å²) in [5.74, 6) is 1.66. The van der Waals surface area contributed by atoms with Crippen molar-refractivity contribution < 1.29 is 5.11 Å². The van der Waals surface area contributed by atoms with Crippen LogP contribution in [0.4, 0.5) is 11.5 Å². The van der Waals surface area contributed by atoms with Crippen molar-refractivity contribution in [2.24, 2.45) is 11.8 Å². The molecule has 0 amide bonds. The normalized spacial score (nSPS) is 33.1. The van der Waals surface area contributed by atoms with Crippen molar-refractivity contribution in [2.75, 3.05) is 23.7 Å². The molecule has 0 bridgehead atoms. The Balaban J connectivity index is 1.82. The van der Waals surface area contributed by atoms with Gasteiger partial charge in [0.05, 0.1) is 11.8 Å². The van der Waals surface area contributed by atoms with Gasteiger partial charge in [-0.2, -0.15) is 0 Å². The Morgan fingerprint density at radius 3 is 3.00 bits per heavy atom. The molecule has 2 heterocycles. The van der Waals surface area contributed by atoms with Gasteiger partial charge in [-0.1, -0.05) is 0 Å². The fraction of sp³-hybridized carbons (Fsp3) is 0.583. The second-order valence-electron chi connectivity index (χ2n) is 4.88. The summed E-state index contributed by atoms with van der Waals surface area (Å²) >= 11 is 0.